The summed E-state index contributed by atoms with van der Waals surface area (Å²) >= 11 is 5.98. The van der Waals surface area contributed by atoms with E-state index >= 15 is 0 Å². The average Bonchev–Trinajstić information content (AvgIpc) is 1.60. The standard InChI is InChI=1S/C39H25N3O.C25H19N.C14H7ClN2O/c1-39(2)28-19-18-22-10-3-4-11-23(22)35(28)27-20-26-24-12-5-7-15-31(24)42(32(26)21-29(27)39)38-40-30-14-9-17-34-36(30)37(41-38)25-13-6-8-16-33(25)43-34;1-25(2)20-12-11-15-7-3-4-8-16(15)24(20)19-13-18-17-9-5-6-10-22(17)26-23(18)14-21(19)25;15-14-16-9-5-3-7-11-12(9)13(17-14)8-4-1-2-6-10(8)18-11/h3-21H,1-2H3;3-14,26H,1-2H3;1-7H. The fourth-order valence-electron chi connectivity index (χ4n) is 14.7. The minimum atomic E-state index is -0.147. The Kier molecular flexibility index (Phi) is 10.4. The third-order valence-corrected chi connectivity index (χ3v) is 19.0. The maximum Gasteiger partial charge on any atom is 0.235 e. The van der Waals surface area contributed by atoms with E-state index in [4.69, 9.17) is 31.0 Å². The van der Waals surface area contributed by atoms with E-state index in [1.807, 2.05) is 72.8 Å². The second-order valence-electron chi connectivity index (χ2n) is 24.3. The van der Waals surface area contributed by atoms with Crippen LogP contribution in [-0.2, 0) is 10.8 Å². The molecule has 12 aromatic carbocycles. The van der Waals surface area contributed by atoms with Gasteiger partial charge in [-0.2, -0.15) is 0 Å². The number of aromatic nitrogens is 6. The molecule has 0 spiro atoms. The lowest BCUT2D eigenvalue weighted by molar-refractivity contribution is 0.486. The molecule has 4 aromatic heterocycles. The number of benzene rings is 12. The van der Waals surface area contributed by atoms with Crippen LogP contribution in [0.4, 0.5) is 0 Å². The van der Waals surface area contributed by atoms with Crippen molar-refractivity contribution in [1.82, 2.24) is 29.5 Å². The smallest absolute Gasteiger partial charge is 0.235 e. The van der Waals surface area contributed by atoms with Gasteiger partial charge in [-0.1, -0.05) is 173 Å². The van der Waals surface area contributed by atoms with Crippen LogP contribution in [0.3, 0.4) is 0 Å². The van der Waals surface area contributed by atoms with Gasteiger partial charge in [0.15, 0.2) is 0 Å². The first-order chi connectivity index (χ1) is 42.5. The van der Waals surface area contributed by atoms with Gasteiger partial charge in [0.05, 0.1) is 44.2 Å². The van der Waals surface area contributed by atoms with Crippen LogP contribution in [0.25, 0.3) is 138 Å². The average molecular weight is 1140 g/mol. The van der Waals surface area contributed by atoms with Crippen LogP contribution in [0.5, 0.6) is 23.0 Å². The summed E-state index contributed by atoms with van der Waals surface area (Å²) in [5.74, 6) is 3.86. The van der Waals surface area contributed by atoms with Gasteiger partial charge in [0.25, 0.3) is 0 Å². The van der Waals surface area contributed by atoms with E-state index in [9.17, 15) is 0 Å². The SMILES string of the molecule is CC1(C)c2cc3[nH]c4ccccc4c3cc2-c2c1ccc1ccccc21.CC1(C)c2cc3c(cc2-c2c1ccc1ccccc21)c1ccccc1n3-c1nc2c3c(cccc3n1)Oc1ccccc1-2.Clc1nc2c3c(cccc3n1)Oc1ccccc1-2. The zero-order chi connectivity index (χ0) is 58.0. The lowest BCUT2D eigenvalue weighted by Crippen LogP contribution is -2.15. The van der Waals surface area contributed by atoms with Crippen LogP contribution in [0.15, 0.2) is 231 Å². The van der Waals surface area contributed by atoms with Crippen molar-refractivity contribution >= 4 is 98.6 Å². The zero-order valence-corrected chi connectivity index (χ0v) is 48.6. The number of halogens is 1. The molecule has 0 amide bonds. The molecule has 0 unspecified atom stereocenters. The fourth-order valence-corrected chi connectivity index (χ4v) is 14.9. The summed E-state index contributed by atoms with van der Waals surface area (Å²) in [5, 5.41) is 12.4. The molecule has 0 radical (unpaired) electrons. The molecule has 20 rings (SSSR count). The molecule has 6 heterocycles. The molecule has 16 aromatic rings. The van der Waals surface area contributed by atoms with Gasteiger partial charge in [0.2, 0.25) is 11.2 Å². The summed E-state index contributed by atoms with van der Waals surface area (Å²) in [4.78, 5) is 22.7. The summed E-state index contributed by atoms with van der Waals surface area (Å²) in [6.07, 6.45) is 0. The van der Waals surface area contributed by atoms with Crippen LogP contribution >= 0.6 is 11.6 Å². The predicted octanol–water partition coefficient (Wildman–Crippen LogP) is 20.8. The summed E-state index contributed by atoms with van der Waals surface area (Å²) < 4.78 is 14.4. The van der Waals surface area contributed by atoms with Crippen molar-refractivity contribution < 1.29 is 9.47 Å². The Hall–Kier alpha value is -10.7. The van der Waals surface area contributed by atoms with Crippen LogP contribution in [0, 0.1) is 0 Å². The number of hydrogen-bond donors (Lipinski definition) is 1. The third kappa shape index (κ3) is 7.19. The number of ether oxygens (including phenoxy) is 2. The fraction of sp³-hybridized carbons (Fsp3) is 0.0769. The molecular formula is C78H51ClN6O2. The van der Waals surface area contributed by atoms with E-state index < -0.39 is 0 Å². The minimum Gasteiger partial charge on any atom is -0.456 e. The lowest BCUT2D eigenvalue weighted by atomic mass is 9.82. The summed E-state index contributed by atoms with van der Waals surface area (Å²) in [5.41, 5.74) is 20.9. The van der Waals surface area contributed by atoms with Gasteiger partial charge in [-0.25, -0.2) is 19.9 Å². The van der Waals surface area contributed by atoms with E-state index in [0.717, 1.165) is 78.4 Å². The molecule has 8 nitrogen and oxygen atoms in total. The van der Waals surface area contributed by atoms with Crippen LogP contribution in [0.2, 0.25) is 5.28 Å². The van der Waals surface area contributed by atoms with Gasteiger partial charge in [0, 0.05) is 54.5 Å². The molecule has 0 saturated heterocycles. The van der Waals surface area contributed by atoms with Gasteiger partial charge < -0.3 is 14.5 Å². The molecule has 2 aliphatic heterocycles. The van der Waals surface area contributed by atoms with Gasteiger partial charge in [-0.3, -0.25) is 4.57 Å². The molecule has 9 heteroatoms. The molecule has 1 N–H and O–H groups in total. The topological polar surface area (TPSA) is 90.7 Å². The zero-order valence-electron chi connectivity index (χ0n) is 47.9. The summed E-state index contributed by atoms with van der Waals surface area (Å²) in [6.45, 7) is 9.39. The highest BCUT2D eigenvalue weighted by atomic mass is 35.5. The van der Waals surface area contributed by atoms with E-state index in [2.05, 4.69) is 205 Å². The largest absolute Gasteiger partial charge is 0.456 e. The highest BCUT2D eigenvalue weighted by molar-refractivity contribution is 6.29. The lowest BCUT2D eigenvalue weighted by Gasteiger charge is -2.22. The van der Waals surface area contributed by atoms with Crippen LogP contribution < -0.4 is 9.47 Å². The number of para-hydroxylation sites is 4. The van der Waals surface area contributed by atoms with Crippen molar-refractivity contribution in [2.45, 2.75) is 38.5 Å². The minimum absolute atomic E-state index is 0.0141. The Bertz CT molecular complexity index is 5700. The normalized spacial score (nSPS) is 13.9. The van der Waals surface area contributed by atoms with Crippen molar-refractivity contribution in [1.29, 1.82) is 0 Å². The second-order valence-corrected chi connectivity index (χ2v) is 24.6. The Labute approximate surface area is 504 Å². The third-order valence-electron chi connectivity index (χ3n) is 18.8. The van der Waals surface area contributed by atoms with Crippen molar-refractivity contribution in [3.8, 4) is 73.7 Å². The Morgan fingerprint density at radius 2 is 0.874 bits per heavy atom. The van der Waals surface area contributed by atoms with Gasteiger partial charge in [-0.05, 0) is 163 Å². The quantitative estimate of drug-likeness (QED) is 0.165. The van der Waals surface area contributed by atoms with E-state index in [-0.39, 0.29) is 16.1 Å². The highest BCUT2D eigenvalue weighted by Crippen LogP contribution is 2.56. The number of nitrogens with one attached hydrogen (secondary N) is 1. The van der Waals surface area contributed by atoms with Gasteiger partial charge >= 0.3 is 0 Å². The first kappa shape index (κ1) is 49.7. The Morgan fingerprint density at radius 3 is 1.52 bits per heavy atom. The molecule has 0 atom stereocenters. The summed E-state index contributed by atoms with van der Waals surface area (Å²) in [6, 6.07) is 81.2. The van der Waals surface area contributed by atoms with E-state index in [0.29, 0.717) is 5.95 Å². The maximum absolute atomic E-state index is 6.27. The number of H-pyrrole nitrogens is 1. The molecular weight excluding hydrogens is 1090 g/mol. The van der Waals surface area contributed by atoms with Crippen LogP contribution in [-0.4, -0.2) is 29.5 Å². The number of nitrogens with zero attached hydrogens (tertiary/aromatic N) is 5. The van der Waals surface area contributed by atoms with E-state index in [1.165, 1.54) is 98.6 Å². The van der Waals surface area contributed by atoms with Crippen molar-refractivity contribution in [3.05, 3.63) is 258 Å². The number of hydrogen-bond acceptors (Lipinski definition) is 6. The maximum atomic E-state index is 6.27. The second kappa shape index (κ2) is 18.2. The molecule has 4 aliphatic rings. The molecule has 0 fully saturated rings. The van der Waals surface area contributed by atoms with Crippen molar-refractivity contribution in [2.75, 3.05) is 0 Å². The molecule has 2 aliphatic carbocycles. The Morgan fingerprint density at radius 1 is 0.368 bits per heavy atom. The van der Waals surface area contributed by atoms with Gasteiger partial charge in [0.1, 0.15) is 23.0 Å². The molecule has 0 bridgehead atoms. The van der Waals surface area contributed by atoms with Crippen LogP contribution in [0.1, 0.15) is 49.9 Å². The molecule has 412 valence electrons. The number of aromatic amines is 1. The summed E-state index contributed by atoms with van der Waals surface area (Å²) in [7, 11) is 0. The van der Waals surface area contributed by atoms with Crippen molar-refractivity contribution in [3.63, 3.8) is 0 Å². The molecule has 87 heavy (non-hydrogen) atoms. The monoisotopic (exact) mass is 1140 g/mol. The predicted molar refractivity (Wildman–Crippen MR) is 355 cm³/mol. The number of fused-ring (bicyclic) bond motifs is 20. The molecule has 0 saturated carbocycles. The first-order valence-electron chi connectivity index (χ1n) is 29.5. The first-order valence-corrected chi connectivity index (χ1v) is 29.9. The van der Waals surface area contributed by atoms with E-state index in [1.54, 1.807) is 0 Å². The van der Waals surface area contributed by atoms with Crippen molar-refractivity contribution in [2.24, 2.45) is 0 Å². The Balaban J connectivity index is 0.000000109. The van der Waals surface area contributed by atoms with Gasteiger partial charge in [-0.15, -0.1) is 0 Å². The highest BCUT2D eigenvalue weighted by Gasteiger charge is 2.39. The number of rotatable bonds is 1.